The van der Waals surface area contributed by atoms with Crippen LogP contribution in [0.2, 0.25) is 0 Å². The summed E-state index contributed by atoms with van der Waals surface area (Å²) < 4.78 is 4.83. The van der Waals surface area contributed by atoms with Crippen molar-refractivity contribution >= 4 is 23.2 Å². The van der Waals surface area contributed by atoms with Gasteiger partial charge in [-0.3, -0.25) is 9.59 Å². The van der Waals surface area contributed by atoms with E-state index in [1.54, 1.807) is 7.11 Å². The molecular weight excluding hydrogens is 272 g/mol. The predicted octanol–water partition coefficient (Wildman–Crippen LogP) is -0.229. The lowest BCUT2D eigenvalue weighted by molar-refractivity contribution is -0.126. The Kier molecular flexibility index (Phi) is 5.39. The van der Waals surface area contributed by atoms with E-state index in [2.05, 4.69) is 21.3 Å². The molecule has 4 N–H and O–H groups in total. The van der Waals surface area contributed by atoms with Crippen molar-refractivity contribution in [3.63, 3.8) is 0 Å². The number of benzene rings is 1. The SMILES string of the molecule is COCCNC(=O)CNC(=O)C1CNc2ccccc2N1. The molecule has 1 aliphatic heterocycles. The molecule has 21 heavy (non-hydrogen) atoms. The van der Waals surface area contributed by atoms with Crippen LogP contribution in [-0.2, 0) is 14.3 Å². The average Bonchev–Trinajstić information content (AvgIpc) is 2.52. The number of carbonyl (C=O) groups excluding carboxylic acids is 2. The number of methoxy groups -OCH3 is 1. The van der Waals surface area contributed by atoms with Crippen LogP contribution < -0.4 is 21.3 Å². The minimum atomic E-state index is -0.397. The zero-order valence-corrected chi connectivity index (χ0v) is 11.9. The van der Waals surface area contributed by atoms with Gasteiger partial charge in [0.25, 0.3) is 0 Å². The third-order valence-electron chi connectivity index (χ3n) is 3.12. The standard InChI is InChI=1S/C14H20N4O3/c1-21-7-6-15-13(19)9-17-14(20)12-8-16-10-4-2-3-5-11(10)18-12/h2-5,12,16,18H,6-9H2,1H3,(H,15,19)(H,17,20). The molecule has 1 unspecified atom stereocenters. The highest BCUT2D eigenvalue weighted by molar-refractivity contribution is 5.91. The summed E-state index contributed by atoms with van der Waals surface area (Å²) in [6.07, 6.45) is 0. The average molecular weight is 292 g/mol. The molecule has 1 heterocycles. The van der Waals surface area contributed by atoms with Crippen LogP contribution in [0.4, 0.5) is 11.4 Å². The van der Waals surface area contributed by atoms with Crippen LogP contribution in [0.3, 0.4) is 0 Å². The van der Waals surface area contributed by atoms with Gasteiger partial charge in [0.2, 0.25) is 11.8 Å². The van der Waals surface area contributed by atoms with Crippen molar-refractivity contribution in [2.45, 2.75) is 6.04 Å². The third kappa shape index (κ3) is 4.35. The van der Waals surface area contributed by atoms with E-state index in [1.165, 1.54) is 0 Å². The van der Waals surface area contributed by atoms with Crippen LogP contribution in [0, 0.1) is 0 Å². The van der Waals surface area contributed by atoms with Gasteiger partial charge in [0.15, 0.2) is 0 Å². The van der Waals surface area contributed by atoms with Gasteiger partial charge in [-0.25, -0.2) is 0 Å². The first-order valence-electron chi connectivity index (χ1n) is 6.83. The molecule has 7 nitrogen and oxygen atoms in total. The molecule has 0 aliphatic carbocycles. The normalized spacial score (nSPS) is 16.1. The number of anilines is 2. The monoisotopic (exact) mass is 292 g/mol. The number of carbonyl (C=O) groups is 2. The Hall–Kier alpha value is -2.28. The first kappa shape index (κ1) is 15.1. The summed E-state index contributed by atoms with van der Waals surface area (Å²) in [5, 5.41) is 11.6. The van der Waals surface area contributed by atoms with Gasteiger partial charge >= 0.3 is 0 Å². The molecular formula is C14H20N4O3. The molecule has 114 valence electrons. The molecule has 1 aromatic carbocycles. The van der Waals surface area contributed by atoms with Crippen LogP contribution in [-0.4, -0.2) is 51.2 Å². The molecule has 0 radical (unpaired) electrons. The van der Waals surface area contributed by atoms with Gasteiger partial charge in [-0.1, -0.05) is 12.1 Å². The number of ether oxygens (including phenoxy) is 1. The van der Waals surface area contributed by atoms with Crippen LogP contribution >= 0.6 is 0 Å². The molecule has 1 aliphatic rings. The molecule has 7 heteroatoms. The van der Waals surface area contributed by atoms with E-state index >= 15 is 0 Å². The Bertz CT molecular complexity index is 507. The van der Waals surface area contributed by atoms with E-state index in [-0.39, 0.29) is 18.4 Å². The molecule has 0 aromatic heterocycles. The predicted molar refractivity (Wildman–Crippen MR) is 80.2 cm³/mol. The van der Waals surface area contributed by atoms with Crippen molar-refractivity contribution in [3.8, 4) is 0 Å². The highest BCUT2D eigenvalue weighted by Crippen LogP contribution is 2.24. The third-order valence-corrected chi connectivity index (χ3v) is 3.12. The topological polar surface area (TPSA) is 91.5 Å². The van der Waals surface area contributed by atoms with Gasteiger partial charge < -0.3 is 26.0 Å². The van der Waals surface area contributed by atoms with Crippen molar-refractivity contribution < 1.29 is 14.3 Å². The number of rotatable bonds is 6. The second-order valence-electron chi connectivity index (χ2n) is 4.68. The highest BCUT2D eigenvalue weighted by Gasteiger charge is 2.23. The van der Waals surface area contributed by atoms with Crippen molar-refractivity contribution in [2.24, 2.45) is 0 Å². The van der Waals surface area contributed by atoms with E-state index < -0.39 is 6.04 Å². The van der Waals surface area contributed by atoms with Gasteiger partial charge in [-0.05, 0) is 12.1 Å². The zero-order valence-electron chi connectivity index (χ0n) is 11.9. The fourth-order valence-electron chi connectivity index (χ4n) is 2.02. The molecule has 0 saturated carbocycles. The Morgan fingerprint density at radius 3 is 2.81 bits per heavy atom. The van der Waals surface area contributed by atoms with Crippen LogP contribution in [0.25, 0.3) is 0 Å². The molecule has 1 atom stereocenters. The van der Waals surface area contributed by atoms with Gasteiger partial charge in [0, 0.05) is 20.2 Å². The highest BCUT2D eigenvalue weighted by atomic mass is 16.5. The second kappa shape index (κ2) is 7.49. The number of fused-ring (bicyclic) bond motifs is 1. The van der Waals surface area contributed by atoms with E-state index in [1.807, 2.05) is 24.3 Å². The van der Waals surface area contributed by atoms with Gasteiger partial charge in [-0.2, -0.15) is 0 Å². The van der Waals surface area contributed by atoms with E-state index in [9.17, 15) is 9.59 Å². The number of hydrogen-bond donors (Lipinski definition) is 4. The van der Waals surface area contributed by atoms with E-state index in [4.69, 9.17) is 4.74 Å². The first-order chi connectivity index (χ1) is 10.2. The van der Waals surface area contributed by atoms with Crippen molar-refractivity contribution in [2.75, 3.05) is 44.0 Å². The van der Waals surface area contributed by atoms with Crippen LogP contribution in [0.15, 0.2) is 24.3 Å². The van der Waals surface area contributed by atoms with Crippen molar-refractivity contribution in [1.29, 1.82) is 0 Å². The number of amides is 2. The lowest BCUT2D eigenvalue weighted by atomic mass is 10.1. The summed E-state index contributed by atoms with van der Waals surface area (Å²) in [6, 6.07) is 7.28. The van der Waals surface area contributed by atoms with E-state index in [0.717, 1.165) is 11.4 Å². The zero-order chi connectivity index (χ0) is 15.1. The maximum absolute atomic E-state index is 12.0. The van der Waals surface area contributed by atoms with Gasteiger partial charge in [0.05, 0.1) is 24.5 Å². The first-order valence-corrected chi connectivity index (χ1v) is 6.83. The summed E-state index contributed by atoms with van der Waals surface area (Å²) in [5.74, 6) is -0.441. The Morgan fingerprint density at radius 2 is 2.05 bits per heavy atom. The Balaban J connectivity index is 1.76. The molecule has 2 rings (SSSR count). The number of para-hydroxylation sites is 2. The molecule has 0 spiro atoms. The Morgan fingerprint density at radius 1 is 1.29 bits per heavy atom. The lowest BCUT2D eigenvalue weighted by Gasteiger charge is -2.27. The maximum atomic E-state index is 12.0. The second-order valence-corrected chi connectivity index (χ2v) is 4.68. The van der Waals surface area contributed by atoms with Crippen molar-refractivity contribution in [1.82, 2.24) is 10.6 Å². The summed E-state index contributed by atoms with van der Waals surface area (Å²) in [6.45, 7) is 1.32. The molecule has 0 fully saturated rings. The fourth-order valence-corrected chi connectivity index (χ4v) is 2.02. The van der Waals surface area contributed by atoms with Crippen LogP contribution in [0.5, 0.6) is 0 Å². The summed E-state index contributed by atoms with van der Waals surface area (Å²) in [4.78, 5) is 23.5. The van der Waals surface area contributed by atoms with Gasteiger partial charge in [0.1, 0.15) is 6.04 Å². The molecule has 2 amide bonds. The largest absolute Gasteiger partial charge is 0.383 e. The van der Waals surface area contributed by atoms with E-state index in [0.29, 0.717) is 19.7 Å². The maximum Gasteiger partial charge on any atom is 0.244 e. The van der Waals surface area contributed by atoms with Crippen molar-refractivity contribution in [3.05, 3.63) is 24.3 Å². The smallest absolute Gasteiger partial charge is 0.244 e. The number of nitrogens with one attached hydrogen (secondary N) is 4. The fraction of sp³-hybridized carbons (Fsp3) is 0.429. The quantitative estimate of drug-likeness (QED) is 0.544. The molecule has 0 saturated heterocycles. The minimum absolute atomic E-state index is 0.0393. The summed E-state index contributed by atoms with van der Waals surface area (Å²) in [7, 11) is 1.56. The van der Waals surface area contributed by atoms with Gasteiger partial charge in [-0.15, -0.1) is 0 Å². The lowest BCUT2D eigenvalue weighted by Crippen LogP contribution is -2.48. The minimum Gasteiger partial charge on any atom is -0.383 e. The number of hydrogen-bond acceptors (Lipinski definition) is 5. The molecule has 1 aromatic rings. The molecule has 0 bridgehead atoms. The Labute approximate surface area is 123 Å². The summed E-state index contributed by atoms with van der Waals surface area (Å²) >= 11 is 0. The van der Waals surface area contributed by atoms with Crippen LogP contribution in [0.1, 0.15) is 0 Å². The summed E-state index contributed by atoms with van der Waals surface area (Å²) in [5.41, 5.74) is 1.85.